The SMILES string of the molecule is CON=C1C(=NOC)C(F)(F)C(F)(F)C1=NOC. The zero-order chi connectivity index (χ0) is 14.0. The van der Waals surface area contributed by atoms with Crippen LogP contribution in [0.1, 0.15) is 0 Å². The number of nitrogens with zero attached hydrogens (tertiary/aromatic N) is 3. The highest BCUT2D eigenvalue weighted by Crippen LogP contribution is 2.43. The Morgan fingerprint density at radius 3 is 1.33 bits per heavy atom. The smallest absolute Gasteiger partial charge is 0.363 e. The molecule has 0 aliphatic heterocycles. The van der Waals surface area contributed by atoms with Gasteiger partial charge in [0, 0.05) is 0 Å². The van der Waals surface area contributed by atoms with Crippen LogP contribution in [0, 0.1) is 0 Å². The van der Waals surface area contributed by atoms with Gasteiger partial charge in [0.15, 0.2) is 17.1 Å². The van der Waals surface area contributed by atoms with Crippen LogP contribution in [0.5, 0.6) is 0 Å². The van der Waals surface area contributed by atoms with Crippen molar-refractivity contribution >= 4 is 17.1 Å². The van der Waals surface area contributed by atoms with Crippen LogP contribution in [-0.2, 0) is 14.5 Å². The number of hydrogen-bond acceptors (Lipinski definition) is 6. The van der Waals surface area contributed by atoms with E-state index in [2.05, 4.69) is 30.0 Å². The quantitative estimate of drug-likeness (QED) is 0.573. The zero-order valence-corrected chi connectivity index (χ0v) is 9.58. The molecule has 6 nitrogen and oxygen atoms in total. The van der Waals surface area contributed by atoms with Gasteiger partial charge in [-0.15, -0.1) is 0 Å². The average molecular weight is 271 g/mol. The van der Waals surface area contributed by atoms with Gasteiger partial charge in [-0.3, -0.25) is 0 Å². The summed E-state index contributed by atoms with van der Waals surface area (Å²) in [5, 5.41) is 8.74. The summed E-state index contributed by atoms with van der Waals surface area (Å²) >= 11 is 0. The minimum atomic E-state index is -4.63. The highest BCUT2D eigenvalue weighted by Gasteiger charge is 2.73. The molecule has 0 aromatic rings. The fourth-order valence-electron chi connectivity index (χ4n) is 1.27. The topological polar surface area (TPSA) is 64.8 Å². The number of oxime groups is 3. The van der Waals surface area contributed by atoms with Crippen molar-refractivity contribution in [3.8, 4) is 0 Å². The van der Waals surface area contributed by atoms with E-state index in [1.54, 1.807) is 0 Å². The lowest BCUT2D eigenvalue weighted by atomic mass is 10.2. The normalized spacial score (nSPS) is 25.4. The number of rotatable bonds is 3. The molecule has 18 heavy (non-hydrogen) atoms. The van der Waals surface area contributed by atoms with Gasteiger partial charge in [0.25, 0.3) is 0 Å². The fourth-order valence-corrected chi connectivity index (χ4v) is 1.27. The van der Waals surface area contributed by atoms with Crippen molar-refractivity contribution in [1.82, 2.24) is 0 Å². The van der Waals surface area contributed by atoms with Gasteiger partial charge >= 0.3 is 11.8 Å². The maximum absolute atomic E-state index is 13.5. The van der Waals surface area contributed by atoms with E-state index in [4.69, 9.17) is 0 Å². The van der Waals surface area contributed by atoms with Gasteiger partial charge in [-0.05, 0) is 0 Å². The molecular weight excluding hydrogens is 262 g/mol. The average Bonchev–Trinajstić information content (AvgIpc) is 2.41. The summed E-state index contributed by atoms with van der Waals surface area (Å²) < 4.78 is 53.9. The summed E-state index contributed by atoms with van der Waals surface area (Å²) in [6.45, 7) is 0. The molecule has 1 aliphatic rings. The van der Waals surface area contributed by atoms with E-state index in [0.717, 1.165) is 21.3 Å². The van der Waals surface area contributed by atoms with Crippen LogP contribution < -0.4 is 0 Å². The van der Waals surface area contributed by atoms with E-state index in [-0.39, 0.29) is 0 Å². The Labute approximate surface area is 98.8 Å². The van der Waals surface area contributed by atoms with E-state index >= 15 is 0 Å². The Kier molecular flexibility index (Phi) is 3.77. The van der Waals surface area contributed by atoms with E-state index in [0.29, 0.717) is 0 Å². The maximum atomic E-state index is 13.5. The second kappa shape index (κ2) is 4.78. The summed E-state index contributed by atoms with van der Waals surface area (Å²) in [6.07, 6.45) is 0. The molecule has 10 heteroatoms. The van der Waals surface area contributed by atoms with Crippen LogP contribution in [0.15, 0.2) is 15.5 Å². The van der Waals surface area contributed by atoms with E-state index in [9.17, 15) is 17.6 Å². The minimum Gasteiger partial charge on any atom is -0.399 e. The van der Waals surface area contributed by atoms with Crippen molar-refractivity contribution in [2.45, 2.75) is 11.8 Å². The van der Waals surface area contributed by atoms with Gasteiger partial charge < -0.3 is 14.5 Å². The van der Waals surface area contributed by atoms with E-state index < -0.39 is 29.0 Å². The molecule has 0 amide bonds. The first kappa shape index (κ1) is 14.2. The second-order valence-electron chi connectivity index (χ2n) is 3.02. The molecule has 1 saturated carbocycles. The third-order valence-electron chi connectivity index (χ3n) is 1.99. The van der Waals surface area contributed by atoms with Crippen molar-refractivity contribution in [1.29, 1.82) is 0 Å². The summed E-state index contributed by atoms with van der Waals surface area (Å²) in [5.41, 5.74) is -3.70. The third kappa shape index (κ3) is 1.87. The first-order valence-electron chi connectivity index (χ1n) is 4.45. The molecule has 0 radical (unpaired) electrons. The molecule has 0 atom stereocenters. The Morgan fingerprint density at radius 2 is 1.06 bits per heavy atom. The Bertz CT molecular complexity index is 386. The summed E-state index contributed by atoms with van der Waals surface area (Å²) in [5.74, 6) is -9.25. The summed E-state index contributed by atoms with van der Waals surface area (Å²) in [6, 6.07) is 0. The lowest BCUT2D eigenvalue weighted by Crippen LogP contribution is -2.43. The zero-order valence-electron chi connectivity index (χ0n) is 9.58. The number of halogens is 4. The molecule has 1 fully saturated rings. The molecule has 102 valence electrons. The first-order valence-corrected chi connectivity index (χ1v) is 4.45. The van der Waals surface area contributed by atoms with Crippen molar-refractivity contribution in [3.63, 3.8) is 0 Å². The molecule has 0 N–H and O–H groups in total. The fraction of sp³-hybridized carbons (Fsp3) is 0.625. The van der Waals surface area contributed by atoms with Crippen LogP contribution in [0.4, 0.5) is 17.6 Å². The number of hydrogen-bond donors (Lipinski definition) is 0. The molecule has 0 unspecified atom stereocenters. The Hall–Kier alpha value is -1.87. The largest absolute Gasteiger partial charge is 0.399 e. The van der Waals surface area contributed by atoms with E-state index in [1.807, 2.05) is 0 Å². The maximum Gasteiger partial charge on any atom is 0.363 e. The molecule has 0 spiro atoms. The lowest BCUT2D eigenvalue weighted by Gasteiger charge is -2.16. The minimum absolute atomic E-state index is 0.928. The molecule has 1 rings (SSSR count). The van der Waals surface area contributed by atoms with Crippen molar-refractivity contribution in [3.05, 3.63) is 0 Å². The number of alkyl halides is 4. The molecule has 0 heterocycles. The van der Waals surface area contributed by atoms with Crippen LogP contribution >= 0.6 is 0 Å². The molecule has 0 aromatic carbocycles. The molecule has 0 saturated heterocycles. The Balaban J connectivity index is 3.51. The molecule has 0 bridgehead atoms. The highest BCUT2D eigenvalue weighted by molar-refractivity contribution is 6.75. The van der Waals surface area contributed by atoms with Crippen LogP contribution in [0.3, 0.4) is 0 Å². The molecule has 1 aliphatic carbocycles. The van der Waals surface area contributed by atoms with Gasteiger partial charge in [-0.2, -0.15) is 17.6 Å². The standard InChI is InChI=1S/C8H9F4N3O3/c1-16-13-4-5(14-17-2)7(9,10)8(11,12)6(4)15-18-3/h1-3H3. The van der Waals surface area contributed by atoms with Gasteiger partial charge in [-0.1, -0.05) is 15.5 Å². The predicted octanol–water partition coefficient (Wildman–Crippen LogP) is 1.28. The van der Waals surface area contributed by atoms with Gasteiger partial charge in [-0.25, -0.2) is 0 Å². The van der Waals surface area contributed by atoms with Crippen molar-refractivity contribution < 1.29 is 32.1 Å². The summed E-state index contributed by atoms with van der Waals surface area (Å²) in [7, 11) is 2.85. The van der Waals surface area contributed by atoms with E-state index in [1.165, 1.54) is 0 Å². The highest BCUT2D eigenvalue weighted by atomic mass is 19.3. The third-order valence-corrected chi connectivity index (χ3v) is 1.99. The van der Waals surface area contributed by atoms with Crippen molar-refractivity contribution in [2.24, 2.45) is 15.5 Å². The van der Waals surface area contributed by atoms with Gasteiger partial charge in [0.1, 0.15) is 21.3 Å². The van der Waals surface area contributed by atoms with Crippen LogP contribution in [-0.4, -0.2) is 50.3 Å². The van der Waals surface area contributed by atoms with Crippen LogP contribution in [0.25, 0.3) is 0 Å². The van der Waals surface area contributed by atoms with Crippen molar-refractivity contribution in [2.75, 3.05) is 21.3 Å². The van der Waals surface area contributed by atoms with Gasteiger partial charge in [0.05, 0.1) is 0 Å². The summed E-state index contributed by atoms with van der Waals surface area (Å²) in [4.78, 5) is 12.4. The van der Waals surface area contributed by atoms with Crippen LogP contribution in [0.2, 0.25) is 0 Å². The molecule has 0 aromatic heterocycles. The molecular formula is C8H9F4N3O3. The van der Waals surface area contributed by atoms with Gasteiger partial charge in [0.2, 0.25) is 0 Å². The Morgan fingerprint density at radius 1 is 0.722 bits per heavy atom. The first-order chi connectivity index (χ1) is 8.34. The monoisotopic (exact) mass is 271 g/mol. The lowest BCUT2D eigenvalue weighted by molar-refractivity contribution is -0.114. The predicted molar refractivity (Wildman–Crippen MR) is 53.2 cm³/mol. The second-order valence-corrected chi connectivity index (χ2v) is 3.02.